The van der Waals surface area contributed by atoms with E-state index in [1.165, 1.54) is 0 Å². The molecule has 4 nitrogen and oxygen atoms in total. The van der Waals surface area contributed by atoms with Gasteiger partial charge in [-0.15, -0.1) is 0 Å². The normalized spacial score (nSPS) is 10.5. The zero-order chi connectivity index (χ0) is 16.7. The Hall–Kier alpha value is -2.16. The van der Waals surface area contributed by atoms with Crippen molar-refractivity contribution in [2.75, 3.05) is 6.54 Å². The molecular formula is C18H17BrN2O2. The molecule has 1 N–H and O–H groups in total. The average Bonchev–Trinajstić information content (AvgIpc) is 2.55. The smallest absolute Gasteiger partial charge is 0.304 e. The highest BCUT2D eigenvalue weighted by Crippen LogP contribution is 2.15. The number of nitriles is 1. The third-order valence-corrected chi connectivity index (χ3v) is 3.95. The van der Waals surface area contributed by atoms with Crippen LogP contribution in [0.3, 0.4) is 0 Å². The van der Waals surface area contributed by atoms with Gasteiger partial charge < -0.3 is 5.11 Å². The van der Waals surface area contributed by atoms with E-state index in [0.29, 0.717) is 25.2 Å². The predicted molar refractivity (Wildman–Crippen MR) is 91.7 cm³/mol. The van der Waals surface area contributed by atoms with Gasteiger partial charge in [0.25, 0.3) is 0 Å². The van der Waals surface area contributed by atoms with E-state index >= 15 is 0 Å². The fourth-order valence-corrected chi connectivity index (χ4v) is 2.58. The van der Waals surface area contributed by atoms with Crippen LogP contribution in [0.5, 0.6) is 0 Å². The van der Waals surface area contributed by atoms with E-state index in [9.17, 15) is 4.79 Å². The summed E-state index contributed by atoms with van der Waals surface area (Å²) in [4.78, 5) is 13.0. The molecule has 23 heavy (non-hydrogen) atoms. The van der Waals surface area contributed by atoms with Crippen LogP contribution in [0.25, 0.3) is 0 Å². The first-order valence-corrected chi connectivity index (χ1v) is 8.04. The SMILES string of the molecule is N#Cc1cccc(CN(CCC(=O)O)Cc2ccc(Br)cc2)c1. The molecule has 0 aliphatic heterocycles. The van der Waals surface area contributed by atoms with Gasteiger partial charge in [0.1, 0.15) is 0 Å². The summed E-state index contributed by atoms with van der Waals surface area (Å²) >= 11 is 3.41. The van der Waals surface area contributed by atoms with Gasteiger partial charge in [-0.1, -0.05) is 40.2 Å². The number of hydrogen-bond donors (Lipinski definition) is 1. The summed E-state index contributed by atoms with van der Waals surface area (Å²) in [5.74, 6) is -0.809. The summed E-state index contributed by atoms with van der Waals surface area (Å²) in [6.45, 7) is 1.73. The molecule has 0 atom stereocenters. The molecule has 0 heterocycles. The standard InChI is InChI=1S/C18H17BrN2O2/c19-17-6-4-14(5-7-17)12-21(9-8-18(22)23)13-16-3-1-2-15(10-16)11-20/h1-7,10H,8-9,12-13H2,(H,22,23). The highest BCUT2D eigenvalue weighted by atomic mass is 79.9. The summed E-state index contributed by atoms with van der Waals surface area (Å²) in [5.41, 5.74) is 2.74. The molecule has 0 saturated carbocycles. The number of carboxylic acids is 1. The summed E-state index contributed by atoms with van der Waals surface area (Å²) in [7, 11) is 0. The molecular weight excluding hydrogens is 356 g/mol. The minimum atomic E-state index is -0.809. The Morgan fingerprint density at radius 1 is 1.13 bits per heavy atom. The number of hydrogen-bond acceptors (Lipinski definition) is 3. The van der Waals surface area contributed by atoms with E-state index in [1.807, 2.05) is 42.5 Å². The topological polar surface area (TPSA) is 64.3 Å². The molecule has 0 amide bonds. The second kappa shape index (κ2) is 8.47. The molecule has 0 aromatic heterocycles. The highest BCUT2D eigenvalue weighted by Gasteiger charge is 2.10. The number of carboxylic acid groups (broad SMARTS) is 1. The predicted octanol–water partition coefficient (Wildman–Crippen LogP) is 3.80. The molecule has 118 valence electrons. The second-order valence-electron chi connectivity index (χ2n) is 5.29. The number of carbonyl (C=O) groups is 1. The first-order valence-electron chi connectivity index (χ1n) is 7.24. The van der Waals surface area contributed by atoms with Crippen LogP contribution in [0.2, 0.25) is 0 Å². The van der Waals surface area contributed by atoms with Gasteiger partial charge in [0.05, 0.1) is 18.1 Å². The third kappa shape index (κ3) is 5.85. The molecule has 2 aromatic rings. The Balaban J connectivity index is 2.11. The third-order valence-electron chi connectivity index (χ3n) is 3.42. The zero-order valence-electron chi connectivity index (χ0n) is 12.6. The lowest BCUT2D eigenvalue weighted by Gasteiger charge is -2.22. The number of halogens is 1. The van der Waals surface area contributed by atoms with Gasteiger partial charge in [0.15, 0.2) is 0 Å². The van der Waals surface area contributed by atoms with Crippen LogP contribution < -0.4 is 0 Å². The molecule has 2 aromatic carbocycles. The summed E-state index contributed by atoms with van der Waals surface area (Å²) in [6.07, 6.45) is 0.0917. The van der Waals surface area contributed by atoms with Crippen molar-refractivity contribution in [3.63, 3.8) is 0 Å². The maximum Gasteiger partial charge on any atom is 0.304 e. The van der Waals surface area contributed by atoms with Crippen molar-refractivity contribution in [3.05, 3.63) is 69.7 Å². The van der Waals surface area contributed by atoms with Crippen LogP contribution in [-0.2, 0) is 17.9 Å². The van der Waals surface area contributed by atoms with E-state index in [0.717, 1.165) is 15.6 Å². The first-order chi connectivity index (χ1) is 11.1. The largest absolute Gasteiger partial charge is 0.481 e. The molecule has 2 rings (SSSR count). The fourth-order valence-electron chi connectivity index (χ4n) is 2.31. The quantitative estimate of drug-likeness (QED) is 0.802. The molecule has 0 aliphatic rings. The van der Waals surface area contributed by atoms with Gasteiger partial charge in [0, 0.05) is 24.1 Å². The molecule has 0 saturated heterocycles. The molecule has 0 aliphatic carbocycles. The van der Waals surface area contributed by atoms with Crippen molar-refractivity contribution in [2.24, 2.45) is 0 Å². The Morgan fingerprint density at radius 3 is 2.48 bits per heavy atom. The molecule has 0 unspecified atom stereocenters. The Morgan fingerprint density at radius 2 is 1.83 bits per heavy atom. The summed E-state index contributed by atoms with van der Waals surface area (Å²) in [6, 6.07) is 17.5. The fraction of sp³-hybridized carbons (Fsp3) is 0.222. The lowest BCUT2D eigenvalue weighted by molar-refractivity contribution is -0.137. The van der Waals surface area contributed by atoms with Crippen molar-refractivity contribution < 1.29 is 9.90 Å². The van der Waals surface area contributed by atoms with Crippen LogP contribution in [0.1, 0.15) is 23.1 Å². The maximum absolute atomic E-state index is 10.9. The minimum Gasteiger partial charge on any atom is -0.481 e. The maximum atomic E-state index is 10.9. The second-order valence-corrected chi connectivity index (χ2v) is 6.21. The van der Waals surface area contributed by atoms with Gasteiger partial charge in [-0.25, -0.2) is 0 Å². The van der Waals surface area contributed by atoms with Crippen molar-refractivity contribution in [3.8, 4) is 6.07 Å². The Kier molecular flexibility index (Phi) is 6.33. The molecule has 0 radical (unpaired) electrons. The van der Waals surface area contributed by atoms with Gasteiger partial charge in [-0.3, -0.25) is 9.69 Å². The van der Waals surface area contributed by atoms with Gasteiger partial charge in [-0.2, -0.15) is 5.26 Å². The molecule has 0 fully saturated rings. The van der Waals surface area contributed by atoms with Gasteiger partial charge in [0.2, 0.25) is 0 Å². The highest BCUT2D eigenvalue weighted by molar-refractivity contribution is 9.10. The van der Waals surface area contributed by atoms with Crippen molar-refractivity contribution in [1.82, 2.24) is 4.90 Å². The van der Waals surface area contributed by atoms with Crippen LogP contribution >= 0.6 is 15.9 Å². The molecule has 0 spiro atoms. The van der Waals surface area contributed by atoms with Crippen molar-refractivity contribution in [2.45, 2.75) is 19.5 Å². The van der Waals surface area contributed by atoms with Crippen LogP contribution in [0.15, 0.2) is 53.0 Å². The van der Waals surface area contributed by atoms with Gasteiger partial charge in [-0.05, 0) is 35.4 Å². The van der Waals surface area contributed by atoms with E-state index in [2.05, 4.69) is 26.9 Å². The lowest BCUT2D eigenvalue weighted by Crippen LogP contribution is -2.25. The molecule has 0 bridgehead atoms. The number of aliphatic carboxylic acids is 1. The Labute approximate surface area is 144 Å². The van der Waals surface area contributed by atoms with Crippen molar-refractivity contribution >= 4 is 21.9 Å². The number of benzene rings is 2. The Bertz CT molecular complexity index is 708. The number of nitrogens with zero attached hydrogens (tertiary/aromatic N) is 2. The monoisotopic (exact) mass is 372 g/mol. The van der Waals surface area contributed by atoms with Gasteiger partial charge >= 0.3 is 5.97 Å². The van der Waals surface area contributed by atoms with E-state index in [1.54, 1.807) is 6.07 Å². The summed E-state index contributed by atoms with van der Waals surface area (Å²) in [5, 5.41) is 17.9. The van der Waals surface area contributed by atoms with E-state index < -0.39 is 5.97 Å². The minimum absolute atomic E-state index is 0.0917. The van der Waals surface area contributed by atoms with Crippen LogP contribution in [-0.4, -0.2) is 22.5 Å². The van der Waals surface area contributed by atoms with Crippen LogP contribution in [0.4, 0.5) is 0 Å². The average molecular weight is 373 g/mol. The zero-order valence-corrected chi connectivity index (χ0v) is 14.2. The van der Waals surface area contributed by atoms with Crippen LogP contribution in [0, 0.1) is 11.3 Å². The lowest BCUT2D eigenvalue weighted by atomic mass is 10.1. The first kappa shape index (κ1) is 17.2. The van der Waals surface area contributed by atoms with Crippen molar-refractivity contribution in [1.29, 1.82) is 5.26 Å². The van der Waals surface area contributed by atoms with E-state index in [-0.39, 0.29) is 6.42 Å². The van der Waals surface area contributed by atoms with E-state index in [4.69, 9.17) is 10.4 Å². The number of rotatable bonds is 7. The summed E-state index contributed by atoms with van der Waals surface area (Å²) < 4.78 is 1.01. The molecule has 5 heteroatoms.